The Balaban J connectivity index is 1.49. The molecule has 1 saturated carbocycles. The quantitative estimate of drug-likeness (QED) is 0.268. The van der Waals surface area contributed by atoms with E-state index in [1.807, 2.05) is 0 Å². The number of hydrogen-bond acceptors (Lipinski definition) is 6. The summed E-state index contributed by atoms with van der Waals surface area (Å²) in [6, 6.07) is 11.7. The number of halogens is 2. The third-order valence-electron chi connectivity index (χ3n) is 7.11. The van der Waals surface area contributed by atoms with Crippen LogP contribution in [0.5, 0.6) is 0 Å². The average Bonchev–Trinajstić information content (AvgIpc) is 3.59. The van der Waals surface area contributed by atoms with Crippen LogP contribution < -0.4 is 15.1 Å². The van der Waals surface area contributed by atoms with E-state index in [0.29, 0.717) is 27.8 Å². The molecule has 12 heteroatoms. The molecule has 200 valence electrons. The summed E-state index contributed by atoms with van der Waals surface area (Å²) in [7, 11) is 0.139. The molecule has 3 aromatic carbocycles. The number of nitrogens with one attached hydrogen (secondary N) is 1. The van der Waals surface area contributed by atoms with Gasteiger partial charge in [0.05, 0.1) is 24.4 Å². The van der Waals surface area contributed by atoms with Gasteiger partial charge >= 0.3 is 7.12 Å². The van der Waals surface area contributed by atoms with Gasteiger partial charge in [-0.3, -0.25) is 13.3 Å². The molecule has 39 heavy (non-hydrogen) atoms. The van der Waals surface area contributed by atoms with Crippen LogP contribution in [0, 0.1) is 11.6 Å². The van der Waals surface area contributed by atoms with Gasteiger partial charge in [-0.15, -0.1) is 0 Å². The molecule has 1 fully saturated rings. The van der Waals surface area contributed by atoms with Gasteiger partial charge in [-0.05, 0) is 71.8 Å². The van der Waals surface area contributed by atoms with Crippen LogP contribution >= 0.6 is 0 Å². The molecule has 0 saturated heterocycles. The van der Waals surface area contributed by atoms with E-state index in [1.165, 1.54) is 37.4 Å². The highest BCUT2D eigenvalue weighted by atomic mass is 32.2. The summed E-state index contributed by atoms with van der Waals surface area (Å²) in [4.78, 5) is 12.9. The predicted octanol–water partition coefficient (Wildman–Crippen LogP) is 3.63. The first-order chi connectivity index (χ1) is 18.7. The number of amides is 1. The van der Waals surface area contributed by atoms with Crippen molar-refractivity contribution in [2.75, 3.05) is 11.4 Å². The number of fused-ring (bicyclic) bond motifs is 2. The fourth-order valence-electron chi connectivity index (χ4n) is 5.10. The molecule has 0 bridgehead atoms. The molecular weight excluding hydrogens is 529 g/mol. The minimum Gasteiger partial charge on any atom is -0.755 e. The molecule has 4 aromatic rings. The van der Waals surface area contributed by atoms with Gasteiger partial charge in [-0.1, -0.05) is 6.07 Å². The molecule has 1 amide bonds. The van der Waals surface area contributed by atoms with E-state index >= 15 is 0 Å². The molecule has 0 radical (unpaired) electrons. The molecule has 1 aliphatic carbocycles. The van der Waals surface area contributed by atoms with E-state index in [-0.39, 0.29) is 41.4 Å². The van der Waals surface area contributed by atoms with Crippen molar-refractivity contribution in [1.82, 2.24) is 5.32 Å². The summed E-state index contributed by atoms with van der Waals surface area (Å²) < 4.78 is 65.7. The number of hydrogen-bond donors (Lipinski definition) is 2. The number of rotatable bonds is 7. The molecule has 1 atom stereocenters. The van der Waals surface area contributed by atoms with Crippen molar-refractivity contribution in [1.29, 1.82) is 0 Å². The van der Waals surface area contributed by atoms with Crippen LogP contribution in [0.1, 0.15) is 45.8 Å². The summed E-state index contributed by atoms with van der Waals surface area (Å²) in [6.45, 7) is -0.155. The zero-order chi connectivity index (χ0) is 27.4. The molecular formula is C27H22BF2N2O6S-. The highest BCUT2D eigenvalue weighted by Crippen LogP contribution is 2.48. The first-order valence-electron chi connectivity index (χ1n) is 12.3. The van der Waals surface area contributed by atoms with E-state index < -0.39 is 35.9 Å². The molecule has 1 aromatic heterocycles. The molecule has 6 rings (SSSR count). The number of benzene rings is 3. The standard InChI is InChI=1S/C27H23BF2N2O6S/c1-31-27(33)24-20-10-19(15-2-3-15)22(11-23(20)38-26(24)16-4-6-18(29)7-5-16)32(39(35)36)12-14-8-17-13-37-28(34)25(17)21(30)9-14/h4-11,15,34H,2-3,12-13H2,1H3,(H,31,33)(H,35,36)/p-1. The van der Waals surface area contributed by atoms with Crippen LogP contribution in [0.4, 0.5) is 14.5 Å². The first-order valence-corrected chi connectivity index (χ1v) is 13.3. The second-order valence-electron chi connectivity index (χ2n) is 9.64. The van der Waals surface area contributed by atoms with Gasteiger partial charge in [0, 0.05) is 40.8 Å². The van der Waals surface area contributed by atoms with Crippen LogP contribution in [-0.2, 0) is 29.1 Å². The average molecular weight is 551 g/mol. The third kappa shape index (κ3) is 4.63. The van der Waals surface area contributed by atoms with Gasteiger partial charge in [0.1, 0.15) is 23.0 Å². The summed E-state index contributed by atoms with van der Waals surface area (Å²) >= 11 is -2.74. The minimum atomic E-state index is -2.74. The Kier molecular flexibility index (Phi) is 6.50. The molecule has 2 N–H and O–H groups in total. The maximum Gasteiger partial charge on any atom is 0.494 e. The second-order valence-corrected chi connectivity index (χ2v) is 10.5. The fraction of sp³-hybridized carbons (Fsp3) is 0.222. The van der Waals surface area contributed by atoms with Crippen LogP contribution in [0.3, 0.4) is 0 Å². The lowest BCUT2D eigenvalue weighted by molar-refractivity contribution is 0.0964. The monoisotopic (exact) mass is 551 g/mol. The molecule has 2 aliphatic rings. The van der Waals surface area contributed by atoms with Gasteiger partial charge in [0.25, 0.3) is 5.91 Å². The summed E-state index contributed by atoms with van der Waals surface area (Å²) in [5, 5.41) is 13.0. The maximum absolute atomic E-state index is 14.7. The van der Waals surface area contributed by atoms with E-state index in [2.05, 4.69) is 5.32 Å². The summed E-state index contributed by atoms with van der Waals surface area (Å²) in [6.07, 6.45) is 1.69. The summed E-state index contributed by atoms with van der Waals surface area (Å²) in [5.41, 5.74) is 3.01. The number of nitrogens with zero attached hydrogens (tertiary/aromatic N) is 1. The largest absolute Gasteiger partial charge is 0.755 e. The van der Waals surface area contributed by atoms with Gasteiger partial charge in [0.2, 0.25) is 0 Å². The van der Waals surface area contributed by atoms with Crippen LogP contribution in [-0.4, -0.2) is 33.9 Å². The number of anilines is 1. The summed E-state index contributed by atoms with van der Waals surface area (Å²) in [5.74, 6) is -1.20. The van der Waals surface area contributed by atoms with Crippen molar-refractivity contribution >= 4 is 46.4 Å². The van der Waals surface area contributed by atoms with Crippen molar-refractivity contribution in [3.05, 3.63) is 82.4 Å². The van der Waals surface area contributed by atoms with E-state index in [0.717, 1.165) is 22.7 Å². The van der Waals surface area contributed by atoms with Gasteiger partial charge in [-0.2, -0.15) is 0 Å². The Labute approximate surface area is 225 Å². The van der Waals surface area contributed by atoms with E-state index in [4.69, 9.17) is 9.07 Å². The first kappa shape index (κ1) is 25.7. The molecule has 1 aliphatic heterocycles. The third-order valence-corrected chi connectivity index (χ3v) is 7.79. The zero-order valence-corrected chi connectivity index (χ0v) is 21.5. The maximum atomic E-state index is 14.7. The Hall–Kier alpha value is -3.58. The van der Waals surface area contributed by atoms with Crippen molar-refractivity contribution in [3.63, 3.8) is 0 Å². The molecule has 1 unspecified atom stereocenters. The zero-order valence-electron chi connectivity index (χ0n) is 20.7. The Bertz CT molecular complexity index is 1640. The predicted molar refractivity (Wildman–Crippen MR) is 141 cm³/mol. The normalized spacial score (nSPS) is 15.5. The topological polar surface area (TPSA) is 115 Å². The Morgan fingerprint density at radius 3 is 2.62 bits per heavy atom. The lowest BCUT2D eigenvalue weighted by atomic mass is 9.78. The number of furan rings is 1. The van der Waals surface area contributed by atoms with Crippen molar-refractivity contribution in [3.8, 4) is 11.3 Å². The lowest BCUT2D eigenvalue weighted by Crippen LogP contribution is -2.32. The van der Waals surface area contributed by atoms with Crippen molar-refractivity contribution < 1.29 is 36.4 Å². The Morgan fingerprint density at radius 1 is 1.21 bits per heavy atom. The molecule has 8 nitrogen and oxygen atoms in total. The second kappa shape index (κ2) is 9.87. The van der Waals surface area contributed by atoms with Crippen LogP contribution in [0.25, 0.3) is 22.3 Å². The SMILES string of the molecule is CNC(=O)c1c(-c2ccc(F)cc2)oc2cc(N(Cc3cc(F)c4c(c3)COB4O)S(=O)[O-])c(C3CC3)cc12. The van der Waals surface area contributed by atoms with Gasteiger partial charge in [0.15, 0.2) is 0 Å². The highest BCUT2D eigenvalue weighted by molar-refractivity contribution is 7.80. The number of carbonyl (C=O) groups excluding carboxylic acids is 1. The van der Waals surface area contributed by atoms with E-state index in [1.54, 1.807) is 18.2 Å². The van der Waals surface area contributed by atoms with Crippen LogP contribution in [0.15, 0.2) is 52.9 Å². The van der Waals surface area contributed by atoms with Crippen molar-refractivity contribution in [2.24, 2.45) is 0 Å². The minimum absolute atomic E-state index is 0.0157. The van der Waals surface area contributed by atoms with Gasteiger partial charge in [-0.25, -0.2) is 8.78 Å². The van der Waals surface area contributed by atoms with Crippen molar-refractivity contribution in [2.45, 2.75) is 31.9 Å². The smallest absolute Gasteiger partial charge is 0.494 e. The lowest BCUT2D eigenvalue weighted by Gasteiger charge is -2.29. The highest BCUT2D eigenvalue weighted by Gasteiger charge is 2.33. The van der Waals surface area contributed by atoms with Gasteiger partial charge < -0.3 is 24.0 Å². The molecule has 2 heterocycles. The van der Waals surface area contributed by atoms with E-state index in [9.17, 15) is 27.4 Å². The van der Waals surface area contributed by atoms with Crippen LogP contribution in [0.2, 0.25) is 0 Å². The Morgan fingerprint density at radius 2 is 1.95 bits per heavy atom. The fourth-order valence-corrected chi connectivity index (χ4v) is 5.67. The number of carbonyl (C=O) groups is 1. The molecule has 0 spiro atoms.